The van der Waals surface area contributed by atoms with Crippen molar-refractivity contribution in [3.05, 3.63) is 0 Å². The van der Waals surface area contributed by atoms with Crippen LogP contribution in [0.1, 0.15) is 33.6 Å². The van der Waals surface area contributed by atoms with Gasteiger partial charge in [0.05, 0.1) is 17.9 Å². The minimum Gasteiger partial charge on any atom is -0.460 e. The van der Waals surface area contributed by atoms with E-state index >= 15 is 0 Å². The third-order valence-corrected chi connectivity index (χ3v) is 6.04. The van der Waals surface area contributed by atoms with Crippen LogP contribution in [0.25, 0.3) is 0 Å². The molecule has 0 radical (unpaired) electrons. The first-order chi connectivity index (χ1) is 8.57. The quantitative estimate of drug-likeness (QED) is 0.705. The number of hydrogen-bond donors (Lipinski definition) is 0. The molecule has 19 heavy (non-hydrogen) atoms. The highest BCUT2D eigenvalue weighted by atomic mass is 32.2. The SMILES string of the molecule is CC(C)(C)OC(=O)CC[S@@](=O)C[C@@H]1CCS(=O)(=O)C1. The minimum absolute atomic E-state index is 0.0236. The number of hydrogen-bond acceptors (Lipinski definition) is 5. The number of rotatable bonds is 5. The van der Waals surface area contributed by atoms with Crippen molar-refractivity contribution in [1.29, 1.82) is 0 Å². The Morgan fingerprint density at radius 2 is 2.00 bits per heavy atom. The molecule has 0 N–H and O–H groups in total. The van der Waals surface area contributed by atoms with Gasteiger partial charge in [0.1, 0.15) is 5.60 Å². The molecule has 0 bridgehead atoms. The summed E-state index contributed by atoms with van der Waals surface area (Å²) in [5.74, 6) is 0.545. The maximum absolute atomic E-state index is 11.8. The first-order valence-corrected chi connectivity index (χ1v) is 9.65. The maximum atomic E-state index is 11.8. The van der Waals surface area contributed by atoms with E-state index in [-0.39, 0.29) is 35.6 Å². The molecule has 112 valence electrons. The Hall–Kier alpha value is -0.430. The van der Waals surface area contributed by atoms with Crippen LogP contribution in [0.3, 0.4) is 0 Å². The smallest absolute Gasteiger partial charge is 0.307 e. The summed E-state index contributed by atoms with van der Waals surface area (Å²) in [4.78, 5) is 11.5. The van der Waals surface area contributed by atoms with Crippen LogP contribution >= 0.6 is 0 Å². The summed E-state index contributed by atoms with van der Waals surface area (Å²) in [5, 5.41) is 0. The Kier molecular flexibility index (Phi) is 5.55. The van der Waals surface area contributed by atoms with Crippen molar-refractivity contribution in [1.82, 2.24) is 0 Å². The molecule has 0 unspecified atom stereocenters. The molecule has 0 saturated carbocycles. The van der Waals surface area contributed by atoms with Crippen molar-refractivity contribution in [3.63, 3.8) is 0 Å². The standard InChI is InChI=1S/C12H22O5S2/c1-12(2,3)17-11(13)4-6-18(14)8-10-5-7-19(15,16)9-10/h10H,4-9H2,1-3H3/t10-,18+/m0/s1. The van der Waals surface area contributed by atoms with E-state index in [1.807, 2.05) is 0 Å². The third-order valence-electron chi connectivity index (χ3n) is 2.70. The van der Waals surface area contributed by atoms with Gasteiger partial charge in [0, 0.05) is 22.3 Å². The van der Waals surface area contributed by atoms with Crippen LogP contribution in [0.5, 0.6) is 0 Å². The Balaban J connectivity index is 2.27. The molecule has 1 saturated heterocycles. The van der Waals surface area contributed by atoms with Crippen LogP contribution in [0.2, 0.25) is 0 Å². The molecule has 7 heteroatoms. The molecular weight excluding hydrogens is 288 g/mol. The number of sulfone groups is 1. The zero-order valence-electron chi connectivity index (χ0n) is 11.7. The van der Waals surface area contributed by atoms with Gasteiger partial charge in [-0.2, -0.15) is 0 Å². The number of esters is 1. The van der Waals surface area contributed by atoms with Gasteiger partial charge in [-0.15, -0.1) is 0 Å². The summed E-state index contributed by atoms with van der Waals surface area (Å²) in [6.07, 6.45) is 0.698. The van der Waals surface area contributed by atoms with Gasteiger partial charge in [0.2, 0.25) is 0 Å². The van der Waals surface area contributed by atoms with Crippen LogP contribution in [0, 0.1) is 5.92 Å². The minimum atomic E-state index is -2.92. The lowest BCUT2D eigenvalue weighted by molar-refractivity contribution is -0.154. The number of ether oxygens (including phenoxy) is 1. The Morgan fingerprint density at radius 1 is 1.37 bits per heavy atom. The zero-order chi connectivity index (χ0) is 14.7. The van der Waals surface area contributed by atoms with Gasteiger partial charge in [-0.1, -0.05) is 0 Å². The van der Waals surface area contributed by atoms with Gasteiger partial charge in [-0.25, -0.2) is 8.42 Å². The second kappa shape index (κ2) is 6.35. The average molecular weight is 310 g/mol. The molecule has 0 amide bonds. The molecule has 0 aromatic carbocycles. The topological polar surface area (TPSA) is 77.5 Å². The lowest BCUT2D eigenvalue weighted by Crippen LogP contribution is -2.25. The molecule has 0 aliphatic carbocycles. The van der Waals surface area contributed by atoms with Crippen LogP contribution in [-0.4, -0.2) is 47.2 Å². The normalized spacial score (nSPS) is 24.1. The predicted molar refractivity (Wildman–Crippen MR) is 75.1 cm³/mol. The second-order valence-corrected chi connectivity index (χ2v) is 9.77. The lowest BCUT2D eigenvalue weighted by atomic mass is 10.2. The number of carbonyl (C=O) groups excluding carboxylic acids is 1. The second-order valence-electron chi connectivity index (χ2n) is 5.92. The fraction of sp³-hybridized carbons (Fsp3) is 0.917. The van der Waals surface area contributed by atoms with Crippen LogP contribution in [-0.2, 0) is 30.2 Å². The first-order valence-electron chi connectivity index (χ1n) is 6.35. The van der Waals surface area contributed by atoms with E-state index in [0.717, 1.165) is 0 Å². The van der Waals surface area contributed by atoms with Gasteiger partial charge in [-0.3, -0.25) is 9.00 Å². The average Bonchev–Trinajstić information content (AvgIpc) is 2.52. The molecule has 0 aromatic heterocycles. The molecule has 1 heterocycles. The summed E-state index contributed by atoms with van der Waals surface area (Å²) in [6.45, 7) is 5.35. The fourth-order valence-electron chi connectivity index (χ4n) is 1.94. The zero-order valence-corrected chi connectivity index (χ0v) is 13.3. The lowest BCUT2D eigenvalue weighted by Gasteiger charge is -2.19. The van der Waals surface area contributed by atoms with Gasteiger partial charge in [0.25, 0.3) is 0 Å². The van der Waals surface area contributed by atoms with Gasteiger partial charge < -0.3 is 4.74 Å². The molecular formula is C12H22O5S2. The monoisotopic (exact) mass is 310 g/mol. The molecule has 2 atom stereocenters. The summed E-state index contributed by atoms with van der Waals surface area (Å²) < 4.78 is 39.5. The van der Waals surface area contributed by atoms with Crippen molar-refractivity contribution in [2.75, 3.05) is 23.0 Å². The Labute approximate surface area is 117 Å². The largest absolute Gasteiger partial charge is 0.460 e. The highest BCUT2D eigenvalue weighted by molar-refractivity contribution is 7.91. The molecule has 5 nitrogen and oxygen atoms in total. The highest BCUT2D eigenvalue weighted by Crippen LogP contribution is 2.19. The Bertz CT molecular complexity index is 447. The highest BCUT2D eigenvalue weighted by Gasteiger charge is 2.29. The molecule has 1 aliphatic rings. The van der Waals surface area contributed by atoms with E-state index < -0.39 is 26.2 Å². The number of carbonyl (C=O) groups is 1. The first kappa shape index (κ1) is 16.6. The molecule has 0 spiro atoms. The summed E-state index contributed by atoms with van der Waals surface area (Å²) in [7, 11) is -4.08. The van der Waals surface area contributed by atoms with Gasteiger partial charge in [-0.05, 0) is 33.1 Å². The predicted octanol–water partition coefficient (Wildman–Crippen LogP) is 0.902. The van der Waals surface area contributed by atoms with E-state index in [4.69, 9.17) is 4.74 Å². The van der Waals surface area contributed by atoms with E-state index in [0.29, 0.717) is 12.2 Å². The maximum Gasteiger partial charge on any atom is 0.307 e. The van der Waals surface area contributed by atoms with E-state index in [9.17, 15) is 17.4 Å². The van der Waals surface area contributed by atoms with Crippen LogP contribution < -0.4 is 0 Å². The molecule has 1 fully saturated rings. The van der Waals surface area contributed by atoms with Crippen molar-refractivity contribution in [2.24, 2.45) is 5.92 Å². The van der Waals surface area contributed by atoms with Crippen molar-refractivity contribution in [3.8, 4) is 0 Å². The van der Waals surface area contributed by atoms with Gasteiger partial charge in [0.15, 0.2) is 9.84 Å². The van der Waals surface area contributed by atoms with Gasteiger partial charge >= 0.3 is 5.97 Å². The summed E-state index contributed by atoms with van der Waals surface area (Å²) in [5.41, 5.74) is -0.530. The van der Waals surface area contributed by atoms with Crippen molar-refractivity contribution in [2.45, 2.75) is 39.2 Å². The van der Waals surface area contributed by atoms with Crippen LogP contribution in [0.15, 0.2) is 0 Å². The van der Waals surface area contributed by atoms with Crippen molar-refractivity contribution < 1.29 is 22.2 Å². The summed E-state index contributed by atoms with van der Waals surface area (Å²) >= 11 is 0. The van der Waals surface area contributed by atoms with E-state index in [2.05, 4.69) is 0 Å². The van der Waals surface area contributed by atoms with E-state index in [1.54, 1.807) is 20.8 Å². The molecule has 1 aliphatic heterocycles. The molecule has 1 rings (SSSR count). The fourth-order valence-corrected chi connectivity index (χ4v) is 5.32. The van der Waals surface area contributed by atoms with Crippen molar-refractivity contribution >= 4 is 26.6 Å². The van der Waals surface area contributed by atoms with E-state index in [1.165, 1.54) is 0 Å². The van der Waals surface area contributed by atoms with Crippen LogP contribution in [0.4, 0.5) is 0 Å². The molecule has 0 aromatic rings. The Morgan fingerprint density at radius 3 is 2.47 bits per heavy atom. The third kappa shape index (κ3) is 7.06. The summed E-state index contributed by atoms with van der Waals surface area (Å²) in [6, 6.07) is 0.